The zero-order chi connectivity index (χ0) is 13.5. The Hall–Kier alpha value is -1.66. The molecule has 0 saturated carbocycles. The van der Waals surface area contributed by atoms with E-state index in [9.17, 15) is 0 Å². The highest BCUT2D eigenvalue weighted by Gasteiger charge is 2.17. The van der Waals surface area contributed by atoms with E-state index in [-0.39, 0.29) is 0 Å². The third-order valence-corrected chi connectivity index (χ3v) is 4.18. The summed E-state index contributed by atoms with van der Waals surface area (Å²) in [6.07, 6.45) is 1.84. The standard InChI is InChI=1S/C14H14BrN5/c15-10-1-2-12-11(9-10)13-3-4-17-20(13)14(18-12)19-7-5-16-6-8-19/h1-4,9,16H,5-8H2. The number of fused-ring (bicyclic) bond motifs is 3. The summed E-state index contributed by atoms with van der Waals surface area (Å²) in [5.74, 6) is 0.932. The molecule has 6 heteroatoms. The van der Waals surface area contributed by atoms with E-state index in [0.717, 1.165) is 53.0 Å². The van der Waals surface area contributed by atoms with Crippen LogP contribution in [0.5, 0.6) is 0 Å². The molecule has 4 rings (SSSR count). The largest absolute Gasteiger partial charge is 0.338 e. The molecule has 0 spiro atoms. The van der Waals surface area contributed by atoms with Crippen molar-refractivity contribution in [2.75, 3.05) is 31.1 Å². The lowest BCUT2D eigenvalue weighted by Crippen LogP contribution is -2.44. The van der Waals surface area contributed by atoms with Gasteiger partial charge in [-0.3, -0.25) is 0 Å². The number of hydrogen-bond acceptors (Lipinski definition) is 4. The van der Waals surface area contributed by atoms with Crippen molar-refractivity contribution in [2.24, 2.45) is 0 Å². The quantitative estimate of drug-likeness (QED) is 0.741. The maximum absolute atomic E-state index is 4.82. The number of piperazine rings is 1. The van der Waals surface area contributed by atoms with Crippen molar-refractivity contribution in [3.63, 3.8) is 0 Å². The van der Waals surface area contributed by atoms with Crippen LogP contribution < -0.4 is 10.2 Å². The van der Waals surface area contributed by atoms with Crippen molar-refractivity contribution in [2.45, 2.75) is 0 Å². The van der Waals surface area contributed by atoms with Crippen LogP contribution in [-0.4, -0.2) is 40.8 Å². The molecular formula is C14H14BrN5. The smallest absolute Gasteiger partial charge is 0.227 e. The van der Waals surface area contributed by atoms with Gasteiger partial charge in [-0.15, -0.1) is 0 Å². The van der Waals surface area contributed by atoms with E-state index >= 15 is 0 Å². The van der Waals surface area contributed by atoms with Crippen molar-refractivity contribution in [1.82, 2.24) is 19.9 Å². The van der Waals surface area contributed by atoms with Crippen LogP contribution in [0.1, 0.15) is 0 Å². The molecular weight excluding hydrogens is 318 g/mol. The molecule has 3 heterocycles. The van der Waals surface area contributed by atoms with Crippen molar-refractivity contribution in [3.05, 3.63) is 34.9 Å². The molecule has 20 heavy (non-hydrogen) atoms. The molecule has 0 atom stereocenters. The van der Waals surface area contributed by atoms with Crippen molar-refractivity contribution >= 4 is 38.3 Å². The summed E-state index contributed by atoms with van der Waals surface area (Å²) in [5.41, 5.74) is 2.11. The fourth-order valence-electron chi connectivity index (χ4n) is 2.70. The number of nitrogens with one attached hydrogen (secondary N) is 1. The molecule has 1 N–H and O–H groups in total. The van der Waals surface area contributed by atoms with Crippen LogP contribution >= 0.6 is 15.9 Å². The number of aromatic nitrogens is 3. The first-order valence-corrected chi connectivity index (χ1v) is 7.51. The lowest BCUT2D eigenvalue weighted by atomic mass is 10.2. The summed E-state index contributed by atoms with van der Waals surface area (Å²) in [6.45, 7) is 3.90. The van der Waals surface area contributed by atoms with Crippen molar-refractivity contribution < 1.29 is 0 Å². The van der Waals surface area contributed by atoms with Crippen LogP contribution in [0.3, 0.4) is 0 Å². The minimum absolute atomic E-state index is 0.932. The topological polar surface area (TPSA) is 45.5 Å². The lowest BCUT2D eigenvalue weighted by molar-refractivity contribution is 0.575. The van der Waals surface area contributed by atoms with E-state index in [2.05, 4.69) is 43.4 Å². The van der Waals surface area contributed by atoms with Crippen molar-refractivity contribution in [1.29, 1.82) is 0 Å². The van der Waals surface area contributed by atoms with Gasteiger partial charge in [-0.2, -0.15) is 9.61 Å². The zero-order valence-corrected chi connectivity index (χ0v) is 12.5. The minimum Gasteiger partial charge on any atom is -0.338 e. The summed E-state index contributed by atoms with van der Waals surface area (Å²) in [6, 6.07) is 8.23. The molecule has 102 valence electrons. The number of nitrogens with zero attached hydrogens (tertiary/aromatic N) is 4. The molecule has 0 bridgehead atoms. The molecule has 0 amide bonds. The minimum atomic E-state index is 0.932. The first kappa shape index (κ1) is 12.1. The Bertz CT molecular complexity index is 776. The van der Waals surface area contributed by atoms with Gasteiger partial charge in [-0.05, 0) is 24.3 Å². The summed E-state index contributed by atoms with van der Waals surface area (Å²) in [7, 11) is 0. The van der Waals surface area contributed by atoms with E-state index in [1.807, 2.05) is 22.8 Å². The normalized spacial score (nSPS) is 16.1. The first-order valence-electron chi connectivity index (χ1n) is 6.71. The number of halogens is 1. The van der Waals surface area contributed by atoms with E-state index < -0.39 is 0 Å². The van der Waals surface area contributed by atoms with Crippen LogP contribution in [0.4, 0.5) is 5.95 Å². The monoisotopic (exact) mass is 331 g/mol. The lowest BCUT2D eigenvalue weighted by Gasteiger charge is -2.28. The van der Waals surface area contributed by atoms with Crippen molar-refractivity contribution in [3.8, 4) is 0 Å². The first-order chi connectivity index (χ1) is 9.83. The second kappa shape index (κ2) is 4.71. The number of hydrogen-bond donors (Lipinski definition) is 1. The predicted octanol–water partition coefficient (Wildman–Crippen LogP) is 2.05. The number of anilines is 1. The van der Waals surface area contributed by atoms with Crippen LogP contribution in [0.25, 0.3) is 16.4 Å². The summed E-state index contributed by atoms with van der Waals surface area (Å²) < 4.78 is 3.00. The highest BCUT2D eigenvalue weighted by Crippen LogP contribution is 2.26. The third-order valence-electron chi connectivity index (χ3n) is 3.69. The van der Waals surface area contributed by atoms with Gasteiger partial charge >= 0.3 is 0 Å². The van der Waals surface area contributed by atoms with Crippen LogP contribution in [0.15, 0.2) is 34.9 Å². The molecule has 1 aliphatic heterocycles. The Morgan fingerprint density at radius 1 is 1.15 bits per heavy atom. The van der Waals surface area contributed by atoms with Gasteiger partial charge in [0.05, 0.1) is 17.2 Å². The van der Waals surface area contributed by atoms with Gasteiger partial charge in [-0.1, -0.05) is 15.9 Å². The predicted molar refractivity (Wildman–Crippen MR) is 83.3 cm³/mol. The highest BCUT2D eigenvalue weighted by molar-refractivity contribution is 9.10. The van der Waals surface area contributed by atoms with E-state index in [1.54, 1.807) is 0 Å². The average molecular weight is 332 g/mol. The summed E-state index contributed by atoms with van der Waals surface area (Å²) in [4.78, 5) is 7.11. The Labute approximate surface area is 124 Å². The fraction of sp³-hybridized carbons (Fsp3) is 0.286. The second-order valence-corrected chi connectivity index (χ2v) is 5.85. The fourth-order valence-corrected chi connectivity index (χ4v) is 3.06. The SMILES string of the molecule is Brc1ccc2nc(N3CCNCC3)n3nccc3c2c1. The van der Waals surface area contributed by atoms with Gasteiger partial charge in [0.15, 0.2) is 0 Å². The van der Waals surface area contributed by atoms with E-state index in [4.69, 9.17) is 4.98 Å². The summed E-state index contributed by atoms with van der Waals surface area (Å²) in [5, 5.41) is 8.94. The molecule has 0 radical (unpaired) electrons. The van der Waals surface area contributed by atoms with Gasteiger partial charge in [0.2, 0.25) is 5.95 Å². The molecule has 2 aromatic heterocycles. The average Bonchev–Trinajstić information content (AvgIpc) is 2.97. The third kappa shape index (κ3) is 1.87. The highest BCUT2D eigenvalue weighted by atomic mass is 79.9. The van der Waals surface area contributed by atoms with E-state index in [1.165, 1.54) is 0 Å². The van der Waals surface area contributed by atoms with Gasteiger partial charge in [0, 0.05) is 36.0 Å². The molecule has 1 aliphatic rings. The van der Waals surface area contributed by atoms with Gasteiger partial charge in [0.25, 0.3) is 0 Å². The Morgan fingerprint density at radius 3 is 2.85 bits per heavy atom. The molecule has 0 aliphatic carbocycles. The molecule has 0 unspecified atom stereocenters. The van der Waals surface area contributed by atoms with Crippen LogP contribution in [0.2, 0.25) is 0 Å². The Morgan fingerprint density at radius 2 is 2.00 bits per heavy atom. The second-order valence-electron chi connectivity index (χ2n) is 4.94. The van der Waals surface area contributed by atoms with Crippen LogP contribution in [-0.2, 0) is 0 Å². The van der Waals surface area contributed by atoms with Gasteiger partial charge in [0.1, 0.15) is 0 Å². The number of benzene rings is 1. The maximum atomic E-state index is 4.82. The van der Waals surface area contributed by atoms with Gasteiger partial charge < -0.3 is 10.2 Å². The Balaban J connectivity index is 1.99. The maximum Gasteiger partial charge on any atom is 0.227 e. The molecule has 3 aromatic rings. The molecule has 5 nitrogen and oxygen atoms in total. The molecule has 1 aromatic carbocycles. The van der Waals surface area contributed by atoms with Crippen LogP contribution in [0, 0.1) is 0 Å². The Kier molecular flexibility index (Phi) is 2.85. The zero-order valence-electron chi connectivity index (χ0n) is 10.9. The summed E-state index contributed by atoms with van der Waals surface area (Å²) >= 11 is 3.53. The van der Waals surface area contributed by atoms with E-state index in [0.29, 0.717) is 0 Å². The molecule has 1 fully saturated rings. The molecule has 1 saturated heterocycles. The number of rotatable bonds is 1. The van der Waals surface area contributed by atoms with Gasteiger partial charge in [-0.25, -0.2) is 4.98 Å².